The number of hydrogen-bond donors (Lipinski definition) is 1. The van der Waals surface area contributed by atoms with Gasteiger partial charge in [0.05, 0.1) is 0 Å². The van der Waals surface area contributed by atoms with Gasteiger partial charge in [0.25, 0.3) is 0 Å². The van der Waals surface area contributed by atoms with Gasteiger partial charge < -0.3 is 9.84 Å². The molecule has 0 saturated heterocycles. The summed E-state index contributed by atoms with van der Waals surface area (Å²) in [7, 11) is 0. The summed E-state index contributed by atoms with van der Waals surface area (Å²) in [5.41, 5.74) is -0.611. The first-order valence-corrected chi connectivity index (χ1v) is 4.77. The third-order valence-electron chi connectivity index (χ3n) is 2.02. The van der Waals surface area contributed by atoms with Gasteiger partial charge in [0.2, 0.25) is 0 Å². The minimum atomic E-state index is -1.07. The van der Waals surface area contributed by atoms with Crippen LogP contribution in [0.25, 0.3) is 0 Å². The van der Waals surface area contributed by atoms with Gasteiger partial charge in [-0.1, -0.05) is 0 Å². The molecule has 14 heavy (non-hydrogen) atoms. The number of carbonyl (C=O) groups excluding carboxylic acids is 1. The second-order valence-electron chi connectivity index (χ2n) is 4.69. The zero-order valence-electron chi connectivity index (χ0n) is 8.74. The summed E-state index contributed by atoms with van der Waals surface area (Å²) in [5, 5.41) is 8.85. The molecule has 0 aromatic heterocycles. The molecule has 4 heteroatoms. The van der Waals surface area contributed by atoms with Gasteiger partial charge in [0.15, 0.2) is 5.92 Å². The van der Waals surface area contributed by atoms with Gasteiger partial charge in [-0.25, -0.2) is 0 Å². The average Bonchev–Trinajstić information content (AvgIpc) is 2.65. The van der Waals surface area contributed by atoms with Gasteiger partial charge in [-0.2, -0.15) is 0 Å². The number of aliphatic carboxylic acids is 1. The zero-order chi connectivity index (χ0) is 10.9. The van der Waals surface area contributed by atoms with Crippen LogP contribution < -0.4 is 0 Å². The molecule has 0 amide bonds. The third kappa shape index (κ3) is 3.01. The quantitative estimate of drug-likeness (QED) is 0.553. The first-order valence-electron chi connectivity index (χ1n) is 4.77. The Morgan fingerprint density at radius 1 is 1.36 bits per heavy atom. The van der Waals surface area contributed by atoms with Gasteiger partial charge in [-0.15, -0.1) is 0 Å². The highest BCUT2D eigenvalue weighted by Gasteiger charge is 2.43. The molecule has 1 atom stereocenters. The lowest BCUT2D eigenvalue weighted by molar-refractivity contribution is -0.167. The maximum absolute atomic E-state index is 11.5. The highest BCUT2D eigenvalue weighted by atomic mass is 16.6. The van der Waals surface area contributed by atoms with Gasteiger partial charge >= 0.3 is 11.9 Å². The van der Waals surface area contributed by atoms with Crippen molar-refractivity contribution in [2.75, 3.05) is 0 Å². The monoisotopic (exact) mass is 200 g/mol. The molecule has 1 rings (SSSR count). The number of ether oxygens (including phenoxy) is 1. The van der Waals surface area contributed by atoms with E-state index in [1.807, 2.05) is 0 Å². The molecule has 0 aliphatic heterocycles. The third-order valence-corrected chi connectivity index (χ3v) is 2.02. The molecule has 1 fully saturated rings. The van der Waals surface area contributed by atoms with E-state index in [2.05, 4.69) is 0 Å². The highest BCUT2D eigenvalue weighted by Crippen LogP contribution is 2.38. The number of carbonyl (C=O) groups is 2. The molecule has 1 unspecified atom stereocenters. The summed E-state index contributed by atoms with van der Waals surface area (Å²) in [5.74, 6) is -2.65. The molecular formula is C10H16O4. The van der Waals surface area contributed by atoms with Crippen molar-refractivity contribution in [3.8, 4) is 0 Å². The molecule has 1 aliphatic rings. The summed E-state index contributed by atoms with van der Waals surface area (Å²) in [6, 6.07) is 0. The van der Waals surface area contributed by atoms with Gasteiger partial charge in [0, 0.05) is 0 Å². The summed E-state index contributed by atoms with van der Waals surface area (Å²) < 4.78 is 5.04. The second-order valence-corrected chi connectivity index (χ2v) is 4.69. The molecule has 4 nitrogen and oxygen atoms in total. The molecule has 1 aliphatic carbocycles. The van der Waals surface area contributed by atoms with Crippen LogP contribution >= 0.6 is 0 Å². The number of rotatable bonds is 3. The molecule has 0 aromatic rings. The fourth-order valence-electron chi connectivity index (χ4n) is 1.29. The molecular weight excluding hydrogens is 184 g/mol. The Morgan fingerprint density at radius 3 is 2.14 bits per heavy atom. The fraction of sp³-hybridized carbons (Fsp3) is 0.800. The molecule has 0 radical (unpaired) electrons. The second kappa shape index (κ2) is 3.59. The van der Waals surface area contributed by atoms with Crippen LogP contribution in [0.5, 0.6) is 0 Å². The van der Waals surface area contributed by atoms with E-state index in [1.54, 1.807) is 20.8 Å². The van der Waals surface area contributed by atoms with E-state index in [4.69, 9.17) is 9.84 Å². The molecule has 1 saturated carbocycles. The largest absolute Gasteiger partial charge is 0.481 e. The van der Waals surface area contributed by atoms with Crippen LogP contribution in [0.1, 0.15) is 33.6 Å². The standard InChI is InChI=1S/C10H16O4/c1-10(2,3)14-9(13)7(8(11)12)6-4-5-6/h6-7H,4-5H2,1-3H3,(H,11,12). The summed E-state index contributed by atoms with van der Waals surface area (Å²) >= 11 is 0. The van der Waals surface area contributed by atoms with Crippen LogP contribution in [0.2, 0.25) is 0 Å². The predicted octanol–water partition coefficient (Wildman–Crippen LogP) is 1.44. The SMILES string of the molecule is CC(C)(C)OC(=O)C(C(=O)O)C1CC1. The van der Waals surface area contributed by atoms with E-state index in [0.717, 1.165) is 12.8 Å². The van der Waals surface area contributed by atoms with E-state index < -0.39 is 23.5 Å². The Labute approximate surface area is 83.2 Å². The predicted molar refractivity (Wildman–Crippen MR) is 49.7 cm³/mol. The summed E-state index contributed by atoms with van der Waals surface area (Å²) in [6.45, 7) is 5.20. The van der Waals surface area contributed by atoms with Crippen molar-refractivity contribution >= 4 is 11.9 Å². The molecule has 0 heterocycles. The first kappa shape index (κ1) is 11.0. The van der Waals surface area contributed by atoms with Gasteiger partial charge in [-0.3, -0.25) is 9.59 Å². The van der Waals surface area contributed by atoms with Crippen molar-refractivity contribution in [1.29, 1.82) is 0 Å². The summed E-state index contributed by atoms with van der Waals surface area (Å²) in [6.07, 6.45) is 1.63. The van der Waals surface area contributed by atoms with Crippen molar-refractivity contribution in [2.24, 2.45) is 11.8 Å². The van der Waals surface area contributed by atoms with Crippen molar-refractivity contribution < 1.29 is 19.4 Å². The minimum Gasteiger partial charge on any atom is -0.481 e. The van der Waals surface area contributed by atoms with Crippen molar-refractivity contribution in [1.82, 2.24) is 0 Å². The van der Waals surface area contributed by atoms with Crippen LogP contribution in [-0.4, -0.2) is 22.6 Å². The van der Waals surface area contributed by atoms with Gasteiger partial charge in [0.1, 0.15) is 5.60 Å². The number of carboxylic acid groups (broad SMARTS) is 1. The Balaban J connectivity index is 2.60. The Hall–Kier alpha value is -1.06. The van der Waals surface area contributed by atoms with Crippen LogP contribution in [0.3, 0.4) is 0 Å². The van der Waals surface area contributed by atoms with Crippen molar-refractivity contribution in [2.45, 2.75) is 39.2 Å². The normalized spacial score (nSPS) is 18.8. The lowest BCUT2D eigenvalue weighted by atomic mass is 10.0. The van der Waals surface area contributed by atoms with E-state index in [1.165, 1.54) is 0 Å². The Kier molecular flexibility index (Phi) is 2.83. The Bertz CT molecular complexity index is 247. The molecule has 80 valence electrons. The van der Waals surface area contributed by atoms with E-state index in [0.29, 0.717) is 0 Å². The van der Waals surface area contributed by atoms with Crippen LogP contribution in [0, 0.1) is 11.8 Å². The lowest BCUT2D eigenvalue weighted by Gasteiger charge is -2.22. The average molecular weight is 200 g/mol. The van der Waals surface area contributed by atoms with Crippen molar-refractivity contribution in [3.63, 3.8) is 0 Å². The highest BCUT2D eigenvalue weighted by molar-refractivity contribution is 5.94. The molecule has 0 aromatic carbocycles. The fourth-order valence-corrected chi connectivity index (χ4v) is 1.29. The van der Waals surface area contributed by atoms with Crippen LogP contribution in [0.15, 0.2) is 0 Å². The number of carboxylic acids is 1. The number of hydrogen-bond acceptors (Lipinski definition) is 3. The van der Waals surface area contributed by atoms with Crippen LogP contribution in [0.4, 0.5) is 0 Å². The smallest absolute Gasteiger partial charge is 0.321 e. The zero-order valence-corrected chi connectivity index (χ0v) is 8.74. The maximum atomic E-state index is 11.5. The van der Waals surface area contributed by atoms with Gasteiger partial charge in [-0.05, 0) is 39.5 Å². The maximum Gasteiger partial charge on any atom is 0.321 e. The lowest BCUT2D eigenvalue weighted by Crippen LogP contribution is -2.33. The first-order chi connectivity index (χ1) is 6.31. The van der Waals surface area contributed by atoms with Crippen molar-refractivity contribution in [3.05, 3.63) is 0 Å². The topological polar surface area (TPSA) is 63.6 Å². The minimum absolute atomic E-state index is 0.0117. The summed E-state index contributed by atoms with van der Waals surface area (Å²) in [4.78, 5) is 22.3. The van der Waals surface area contributed by atoms with Crippen LogP contribution in [-0.2, 0) is 14.3 Å². The van der Waals surface area contributed by atoms with E-state index >= 15 is 0 Å². The molecule has 0 spiro atoms. The Morgan fingerprint density at radius 2 is 1.86 bits per heavy atom. The molecule has 1 N–H and O–H groups in total. The number of esters is 1. The van der Waals surface area contributed by atoms with E-state index in [-0.39, 0.29) is 5.92 Å². The van der Waals surface area contributed by atoms with E-state index in [9.17, 15) is 9.59 Å². The molecule has 0 bridgehead atoms.